The highest BCUT2D eigenvalue weighted by Crippen LogP contribution is 2.14. The number of aryl methyl sites for hydroxylation is 1. The van der Waals surface area contributed by atoms with Crippen LogP contribution in [0.5, 0.6) is 0 Å². The quantitative estimate of drug-likeness (QED) is 0.876. The summed E-state index contributed by atoms with van der Waals surface area (Å²) in [7, 11) is 0. The summed E-state index contributed by atoms with van der Waals surface area (Å²) < 4.78 is 0. The summed E-state index contributed by atoms with van der Waals surface area (Å²) in [5, 5.41) is 5.31. The predicted molar refractivity (Wildman–Crippen MR) is 77.5 cm³/mol. The third-order valence-electron chi connectivity index (χ3n) is 2.59. The maximum atomic E-state index is 11.7. The molecule has 0 bridgehead atoms. The Hall–Kier alpha value is -2.21. The van der Waals surface area contributed by atoms with Crippen LogP contribution < -0.4 is 10.6 Å². The fourth-order valence-corrected chi connectivity index (χ4v) is 2.35. The van der Waals surface area contributed by atoms with Gasteiger partial charge in [0.1, 0.15) is 0 Å². The maximum absolute atomic E-state index is 11.7. The minimum absolute atomic E-state index is 0.0317. The van der Waals surface area contributed by atoms with Gasteiger partial charge in [-0.3, -0.25) is 14.6 Å². The SMILES string of the molecule is Cc1ccc(C(=O)NCC(=O)NCc2cccnc2)s1. The number of carbonyl (C=O) groups is 2. The monoisotopic (exact) mass is 289 g/mol. The molecule has 0 aromatic carbocycles. The second-order valence-electron chi connectivity index (χ2n) is 4.23. The van der Waals surface area contributed by atoms with Crippen molar-refractivity contribution in [3.63, 3.8) is 0 Å². The van der Waals surface area contributed by atoms with Gasteiger partial charge >= 0.3 is 0 Å². The van der Waals surface area contributed by atoms with Crippen LogP contribution in [0, 0.1) is 6.92 Å². The molecule has 2 heterocycles. The van der Waals surface area contributed by atoms with Gasteiger partial charge in [0.2, 0.25) is 5.91 Å². The summed E-state index contributed by atoms with van der Waals surface area (Å²) >= 11 is 1.41. The van der Waals surface area contributed by atoms with E-state index in [1.165, 1.54) is 11.3 Å². The first-order valence-corrected chi connectivity index (χ1v) is 6.97. The van der Waals surface area contributed by atoms with Crippen molar-refractivity contribution in [2.75, 3.05) is 6.54 Å². The van der Waals surface area contributed by atoms with Gasteiger partial charge in [0.25, 0.3) is 5.91 Å². The van der Waals surface area contributed by atoms with Gasteiger partial charge in [0.05, 0.1) is 11.4 Å². The van der Waals surface area contributed by atoms with E-state index >= 15 is 0 Å². The second-order valence-corrected chi connectivity index (χ2v) is 5.52. The molecular formula is C14H15N3O2S. The molecule has 0 fully saturated rings. The molecule has 0 aliphatic carbocycles. The first kappa shape index (κ1) is 14.2. The molecule has 2 aromatic rings. The van der Waals surface area contributed by atoms with Gasteiger partial charge in [-0.2, -0.15) is 0 Å². The van der Waals surface area contributed by atoms with Crippen LogP contribution in [0.2, 0.25) is 0 Å². The second kappa shape index (κ2) is 6.81. The number of nitrogens with zero attached hydrogens (tertiary/aromatic N) is 1. The summed E-state index contributed by atoms with van der Waals surface area (Å²) in [6.07, 6.45) is 3.36. The Morgan fingerprint density at radius 3 is 2.75 bits per heavy atom. The summed E-state index contributed by atoms with van der Waals surface area (Å²) in [5.41, 5.74) is 0.918. The van der Waals surface area contributed by atoms with E-state index in [1.54, 1.807) is 18.5 Å². The van der Waals surface area contributed by atoms with E-state index in [2.05, 4.69) is 15.6 Å². The molecule has 6 heteroatoms. The van der Waals surface area contributed by atoms with Gasteiger partial charge in [-0.05, 0) is 30.7 Å². The van der Waals surface area contributed by atoms with Crippen molar-refractivity contribution >= 4 is 23.2 Å². The number of rotatable bonds is 5. The third kappa shape index (κ3) is 4.17. The first-order valence-electron chi connectivity index (χ1n) is 6.15. The molecule has 0 atom stereocenters. The van der Waals surface area contributed by atoms with E-state index in [1.807, 2.05) is 25.1 Å². The highest BCUT2D eigenvalue weighted by atomic mass is 32.1. The number of nitrogens with one attached hydrogen (secondary N) is 2. The van der Waals surface area contributed by atoms with E-state index in [9.17, 15) is 9.59 Å². The lowest BCUT2D eigenvalue weighted by Crippen LogP contribution is -2.36. The van der Waals surface area contributed by atoms with Crippen LogP contribution in [0.3, 0.4) is 0 Å². The Morgan fingerprint density at radius 1 is 1.25 bits per heavy atom. The number of thiophene rings is 1. The van der Waals surface area contributed by atoms with E-state index in [4.69, 9.17) is 0 Å². The van der Waals surface area contributed by atoms with Gasteiger partial charge < -0.3 is 10.6 Å². The molecule has 0 saturated heterocycles. The van der Waals surface area contributed by atoms with Crippen molar-refractivity contribution in [1.82, 2.24) is 15.6 Å². The molecule has 20 heavy (non-hydrogen) atoms. The molecule has 104 valence electrons. The minimum atomic E-state index is -0.226. The molecule has 2 N–H and O–H groups in total. The highest BCUT2D eigenvalue weighted by molar-refractivity contribution is 7.13. The van der Waals surface area contributed by atoms with E-state index < -0.39 is 0 Å². The van der Waals surface area contributed by atoms with Gasteiger partial charge in [-0.25, -0.2) is 0 Å². The number of pyridine rings is 1. The number of carbonyl (C=O) groups excluding carboxylic acids is 2. The van der Waals surface area contributed by atoms with E-state index in [0.717, 1.165) is 10.4 Å². The van der Waals surface area contributed by atoms with Crippen LogP contribution in [0.4, 0.5) is 0 Å². The Labute approximate surface area is 121 Å². The average molecular weight is 289 g/mol. The van der Waals surface area contributed by atoms with E-state index in [0.29, 0.717) is 11.4 Å². The summed E-state index contributed by atoms with van der Waals surface area (Å²) in [6.45, 7) is 2.30. The molecule has 0 spiro atoms. The van der Waals surface area contributed by atoms with Crippen LogP contribution in [-0.2, 0) is 11.3 Å². The van der Waals surface area contributed by atoms with Gasteiger partial charge in [-0.1, -0.05) is 6.07 Å². The molecular weight excluding hydrogens is 274 g/mol. The number of hydrogen-bond acceptors (Lipinski definition) is 4. The molecule has 0 unspecified atom stereocenters. The first-order chi connectivity index (χ1) is 9.65. The molecule has 0 saturated carbocycles. The van der Waals surface area contributed by atoms with Crippen LogP contribution in [0.25, 0.3) is 0 Å². The summed E-state index contributed by atoms with van der Waals surface area (Å²) in [6, 6.07) is 7.31. The third-order valence-corrected chi connectivity index (χ3v) is 3.59. The number of hydrogen-bond donors (Lipinski definition) is 2. The number of amides is 2. The molecule has 0 radical (unpaired) electrons. The lowest BCUT2D eigenvalue weighted by atomic mass is 10.3. The molecule has 0 aliphatic rings. The molecule has 2 aromatic heterocycles. The van der Waals surface area contributed by atoms with Crippen LogP contribution in [0.15, 0.2) is 36.7 Å². The van der Waals surface area contributed by atoms with Gasteiger partial charge in [0.15, 0.2) is 0 Å². The Balaban J connectivity index is 1.74. The normalized spacial score (nSPS) is 10.1. The summed E-state index contributed by atoms with van der Waals surface area (Å²) in [5.74, 6) is -0.449. The van der Waals surface area contributed by atoms with Crippen LogP contribution in [-0.4, -0.2) is 23.3 Å². The smallest absolute Gasteiger partial charge is 0.261 e. The topological polar surface area (TPSA) is 71.1 Å². The predicted octanol–water partition coefficient (Wildman–Crippen LogP) is 1.50. The molecule has 2 rings (SSSR count). The van der Waals surface area contributed by atoms with Crippen LogP contribution >= 0.6 is 11.3 Å². The minimum Gasteiger partial charge on any atom is -0.350 e. The standard InChI is InChI=1S/C14H15N3O2S/c1-10-4-5-12(20-10)14(19)17-9-13(18)16-8-11-3-2-6-15-7-11/h2-7H,8-9H2,1H3,(H,16,18)(H,17,19). The maximum Gasteiger partial charge on any atom is 0.261 e. The van der Waals surface area contributed by atoms with Gasteiger partial charge in [-0.15, -0.1) is 11.3 Å². The molecule has 5 nitrogen and oxygen atoms in total. The fraction of sp³-hybridized carbons (Fsp3) is 0.214. The summed E-state index contributed by atoms with van der Waals surface area (Å²) in [4.78, 5) is 29.0. The van der Waals surface area contributed by atoms with Crippen molar-refractivity contribution < 1.29 is 9.59 Å². The fourth-order valence-electron chi connectivity index (χ4n) is 1.57. The Morgan fingerprint density at radius 2 is 2.10 bits per heavy atom. The van der Waals surface area contributed by atoms with Crippen molar-refractivity contribution in [2.45, 2.75) is 13.5 Å². The molecule has 2 amide bonds. The van der Waals surface area contributed by atoms with E-state index in [-0.39, 0.29) is 18.4 Å². The van der Waals surface area contributed by atoms with Crippen molar-refractivity contribution in [1.29, 1.82) is 0 Å². The zero-order valence-corrected chi connectivity index (χ0v) is 11.9. The highest BCUT2D eigenvalue weighted by Gasteiger charge is 2.09. The number of aromatic nitrogens is 1. The van der Waals surface area contributed by atoms with Crippen molar-refractivity contribution in [2.24, 2.45) is 0 Å². The van der Waals surface area contributed by atoms with Crippen molar-refractivity contribution in [3.05, 3.63) is 52.0 Å². The Bertz CT molecular complexity index is 595. The lowest BCUT2D eigenvalue weighted by molar-refractivity contribution is -0.120. The van der Waals surface area contributed by atoms with Crippen LogP contribution in [0.1, 0.15) is 20.1 Å². The lowest BCUT2D eigenvalue weighted by Gasteiger charge is -2.06. The zero-order chi connectivity index (χ0) is 14.4. The molecule has 0 aliphatic heterocycles. The van der Waals surface area contributed by atoms with Crippen molar-refractivity contribution in [3.8, 4) is 0 Å². The Kier molecular flexibility index (Phi) is 4.84. The zero-order valence-electron chi connectivity index (χ0n) is 11.1. The van der Waals surface area contributed by atoms with Gasteiger partial charge in [0, 0.05) is 23.8 Å². The average Bonchev–Trinajstić information content (AvgIpc) is 2.90. The largest absolute Gasteiger partial charge is 0.350 e.